The van der Waals surface area contributed by atoms with E-state index in [0.29, 0.717) is 22.9 Å². The second-order valence-corrected chi connectivity index (χ2v) is 6.19. The minimum absolute atomic E-state index is 0.0936. The highest BCUT2D eigenvalue weighted by molar-refractivity contribution is 5.63. The molecule has 0 aliphatic carbocycles. The number of aryl methyl sites for hydroxylation is 1. The van der Waals surface area contributed by atoms with Crippen molar-refractivity contribution in [2.75, 3.05) is 18.0 Å². The highest BCUT2D eigenvalue weighted by Crippen LogP contribution is 2.28. The fourth-order valence-electron chi connectivity index (χ4n) is 3.06. The van der Waals surface area contributed by atoms with Crippen LogP contribution in [0, 0.1) is 6.92 Å². The molecular weight excluding hydrogens is 347 g/mol. The summed E-state index contributed by atoms with van der Waals surface area (Å²) in [4.78, 5) is 18.5. The van der Waals surface area contributed by atoms with Gasteiger partial charge in [0.2, 0.25) is 5.95 Å². The number of fused-ring (bicyclic) bond motifs is 1. The van der Waals surface area contributed by atoms with Gasteiger partial charge in [-0.25, -0.2) is 19.5 Å². The van der Waals surface area contributed by atoms with Gasteiger partial charge in [0.15, 0.2) is 0 Å². The van der Waals surface area contributed by atoms with Crippen LogP contribution in [0.25, 0.3) is 17.0 Å². The minimum atomic E-state index is -4.61. The van der Waals surface area contributed by atoms with Crippen LogP contribution in [0.2, 0.25) is 0 Å². The van der Waals surface area contributed by atoms with Gasteiger partial charge in [-0.05, 0) is 32.3 Å². The first-order chi connectivity index (χ1) is 12.4. The molecule has 1 aliphatic rings. The van der Waals surface area contributed by atoms with Crippen molar-refractivity contribution in [2.24, 2.45) is 0 Å². The number of nitrogens with zero attached hydrogens (tertiary/aromatic N) is 7. The van der Waals surface area contributed by atoms with Crippen LogP contribution in [-0.4, -0.2) is 42.6 Å². The lowest BCUT2D eigenvalue weighted by Gasteiger charge is -2.26. The Balaban J connectivity index is 1.75. The molecule has 0 radical (unpaired) electrons. The van der Waals surface area contributed by atoms with Crippen LogP contribution in [0.3, 0.4) is 0 Å². The van der Waals surface area contributed by atoms with Crippen molar-refractivity contribution < 1.29 is 13.2 Å². The van der Waals surface area contributed by atoms with Crippen molar-refractivity contribution in [3.63, 3.8) is 0 Å². The molecule has 136 valence electrons. The number of halogens is 3. The third-order valence-electron chi connectivity index (χ3n) is 4.42. The number of hydrogen-bond acceptors (Lipinski definition) is 6. The van der Waals surface area contributed by atoms with E-state index in [1.807, 2.05) is 0 Å². The molecule has 1 aliphatic heterocycles. The Bertz CT molecular complexity index is 945. The molecule has 1 fully saturated rings. The molecule has 1 saturated heterocycles. The van der Waals surface area contributed by atoms with E-state index in [1.165, 1.54) is 12.6 Å². The summed E-state index contributed by atoms with van der Waals surface area (Å²) >= 11 is 0. The monoisotopic (exact) mass is 363 g/mol. The number of rotatable bonds is 2. The molecule has 0 spiro atoms. The maximum Gasteiger partial charge on any atom is 0.453 e. The third-order valence-corrected chi connectivity index (χ3v) is 4.42. The molecule has 26 heavy (non-hydrogen) atoms. The molecule has 0 saturated carbocycles. The van der Waals surface area contributed by atoms with E-state index in [2.05, 4.69) is 29.9 Å². The molecular formula is C16H16F3N7. The predicted octanol–water partition coefficient (Wildman–Crippen LogP) is 2.90. The molecule has 0 bridgehead atoms. The summed E-state index contributed by atoms with van der Waals surface area (Å²) in [7, 11) is 0. The maximum atomic E-state index is 12.8. The zero-order valence-corrected chi connectivity index (χ0v) is 14.0. The van der Waals surface area contributed by atoms with Crippen molar-refractivity contribution in [1.29, 1.82) is 0 Å². The summed E-state index contributed by atoms with van der Waals surface area (Å²) in [5.74, 6) is -0.679. The molecule has 0 N–H and O–H groups in total. The zero-order valence-electron chi connectivity index (χ0n) is 14.0. The molecule has 4 rings (SSSR count). The fraction of sp³-hybridized carbons (Fsp3) is 0.438. The SMILES string of the molecule is Cc1c(-c2ccnc(N3CCCCC3)n2)cnc2nc(C(F)(F)F)nn12. The molecule has 0 amide bonds. The second-order valence-electron chi connectivity index (χ2n) is 6.19. The second kappa shape index (κ2) is 6.19. The summed E-state index contributed by atoms with van der Waals surface area (Å²) in [6.07, 6.45) is 1.90. The highest BCUT2D eigenvalue weighted by atomic mass is 19.4. The first kappa shape index (κ1) is 16.7. The van der Waals surface area contributed by atoms with Crippen LogP contribution in [0.1, 0.15) is 30.8 Å². The smallest absolute Gasteiger partial charge is 0.341 e. The van der Waals surface area contributed by atoms with Crippen LogP contribution < -0.4 is 4.90 Å². The molecule has 4 heterocycles. The summed E-state index contributed by atoms with van der Waals surface area (Å²) in [6.45, 7) is 3.47. The van der Waals surface area contributed by atoms with Crippen molar-refractivity contribution in [3.8, 4) is 11.3 Å². The van der Waals surface area contributed by atoms with Crippen molar-refractivity contribution in [2.45, 2.75) is 32.4 Å². The van der Waals surface area contributed by atoms with Crippen molar-refractivity contribution in [3.05, 3.63) is 30.0 Å². The van der Waals surface area contributed by atoms with Gasteiger partial charge in [-0.1, -0.05) is 0 Å². The van der Waals surface area contributed by atoms with Gasteiger partial charge in [0.05, 0.1) is 11.4 Å². The average molecular weight is 363 g/mol. The van der Waals surface area contributed by atoms with Gasteiger partial charge in [-0.15, -0.1) is 5.10 Å². The van der Waals surface area contributed by atoms with Crippen LogP contribution in [-0.2, 0) is 6.18 Å². The van der Waals surface area contributed by atoms with Gasteiger partial charge in [0.25, 0.3) is 11.6 Å². The highest BCUT2D eigenvalue weighted by Gasteiger charge is 2.36. The Labute approximate surface area is 146 Å². The summed E-state index contributed by atoms with van der Waals surface area (Å²) in [5, 5.41) is 3.55. The zero-order chi connectivity index (χ0) is 18.3. The number of anilines is 1. The Kier molecular flexibility index (Phi) is 3.97. The van der Waals surface area contributed by atoms with E-state index in [4.69, 9.17) is 0 Å². The first-order valence-corrected chi connectivity index (χ1v) is 8.31. The third kappa shape index (κ3) is 2.95. The van der Waals surface area contributed by atoms with E-state index >= 15 is 0 Å². The number of aromatic nitrogens is 6. The van der Waals surface area contributed by atoms with E-state index < -0.39 is 12.0 Å². The normalized spacial score (nSPS) is 15.6. The Morgan fingerprint density at radius 2 is 1.81 bits per heavy atom. The van der Waals surface area contributed by atoms with E-state index in [-0.39, 0.29) is 5.78 Å². The summed E-state index contributed by atoms with van der Waals surface area (Å²) in [6, 6.07) is 1.71. The molecule has 0 aromatic carbocycles. The first-order valence-electron chi connectivity index (χ1n) is 8.31. The average Bonchev–Trinajstić information content (AvgIpc) is 3.09. The van der Waals surface area contributed by atoms with Crippen molar-refractivity contribution >= 4 is 11.7 Å². The van der Waals surface area contributed by atoms with E-state index in [0.717, 1.165) is 30.4 Å². The van der Waals surface area contributed by atoms with Crippen molar-refractivity contribution in [1.82, 2.24) is 29.5 Å². The Morgan fingerprint density at radius 3 is 2.54 bits per heavy atom. The van der Waals surface area contributed by atoms with Gasteiger partial charge >= 0.3 is 6.18 Å². The van der Waals surface area contributed by atoms with E-state index in [9.17, 15) is 13.2 Å². The number of piperidine rings is 1. The van der Waals surface area contributed by atoms with Crippen LogP contribution in [0.4, 0.5) is 19.1 Å². The quantitative estimate of drug-likeness (QED) is 0.697. The van der Waals surface area contributed by atoms with Gasteiger partial charge in [-0.2, -0.15) is 18.2 Å². The predicted molar refractivity (Wildman–Crippen MR) is 87.6 cm³/mol. The van der Waals surface area contributed by atoms with E-state index in [1.54, 1.807) is 19.2 Å². The Morgan fingerprint density at radius 1 is 1.04 bits per heavy atom. The fourth-order valence-corrected chi connectivity index (χ4v) is 3.06. The minimum Gasteiger partial charge on any atom is -0.341 e. The standard InChI is InChI=1S/C16H16F3N7/c1-10-11(9-21-15-23-13(16(17,18)19)24-26(10)15)12-5-6-20-14(22-12)25-7-3-2-4-8-25/h5-6,9H,2-4,7-8H2,1H3. The molecule has 10 heteroatoms. The molecule has 0 unspecified atom stereocenters. The number of alkyl halides is 3. The molecule has 3 aromatic rings. The van der Waals surface area contributed by atoms with Gasteiger partial charge in [-0.3, -0.25) is 0 Å². The lowest BCUT2D eigenvalue weighted by Crippen LogP contribution is -2.31. The molecule has 0 atom stereocenters. The van der Waals surface area contributed by atoms with Gasteiger partial charge in [0.1, 0.15) is 0 Å². The lowest BCUT2D eigenvalue weighted by atomic mass is 10.1. The van der Waals surface area contributed by atoms with Gasteiger partial charge in [0, 0.05) is 31.0 Å². The largest absolute Gasteiger partial charge is 0.453 e. The summed E-state index contributed by atoms with van der Waals surface area (Å²) < 4.78 is 39.6. The van der Waals surface area contributed by atoms with Crippen LogP contribution in [0.15, 0.2) is 18.5 Å². The maximum absolute atomic E-state index is 12.8. The van der Waals surface area contributed by atoms with Crippen LogP contribution in [0.5, 0.6) is 0 Å². The lowest BCUT2D eigenvalue weighted by molar-refractivity contribution is -0.144. The number of hydrogen-bond donors (Lipinski definition) is 0. The van der Waals surface area contributed by atoms with Gasteiger partial charge < -0.3 is 4.90 Å². The Hall–Kier alpha value is -2.78. The van der Waals surface area contributed by atoms with Crippen LogP contribution >= 0.6 is 0 Å². The molecule has 3 aromatic heterocycles. The topological polar surface area (TPSA) is 72.1 Å². The molecule has 7 nitrogen and oxygen atoms in total. The summed E-state index contributed by atoms with van der Waals surface area (Å²) in [5.41, 5.74) is 1.68.